The van der Waals surface area contributed by atoms with Crippen LogP contribution in [-0.2, 0) is 19.1 Å². The molecule has 12 heavy (non-hydrogen) atoms. The monoisotopic (exact) mass is 174 g/mol. The van der Waals surface area contributed by atoms with E-state index in [9.17, 15) is 9.59 Å². The van der Waals surface area contributed by atoms with Crippen molar-refractivity contribution in [1.82, 2.24) is 0 Å². The van der Waals surface area contributed by atoms with Crippen molar-refractivity contribution in [3.8, 4) is 0 Å². The van der Waals surface area contributed by atoms with Gasteiger partial charge in [0.25, 0.3) is 0 Å². The lowest BCUT2D eigenvalue weighted by Crippen LogP contribution is -2.14. The Kier molecular flexibility index (Phi) is 5.08. The Morgan fingerprint density at radius 3 is 2.33 bits per heavy atom. The van der Waals surface area contributed by atoms with E-state index in [1.165, 1.54) is 7.11 Å². The Morgan fingerprint density at radius 2 is 1.92 bits per heavy atom. The number of ether oxygens (including phenoxy) is 2. The van der Waals surface area contributed by atoms with Gasteiger partial charge in [-0.15, -0.1) is 0 Å². The molecular weight excluding hydrogens is 160 g/mol. The molecule has 0 fully saturated rings. The molecule has 0 aliphatic carbocycles. The molecular formula is C8H14O4. The molecule has 0 radical (unpaired) electrons. The lowest BCUT2D eigenvalue weighted by Gasteiger charge is -2.05. The van der Waals surface area contributed by atoms with Gasteiger partial charge < -0.3 is 9.47 Å². The zero-order valence-corrected chi connectivity index (χ0v) is 7.62. The van der Waals surface area contributed by atoms with Crippen LogP contribution in [0.1, 0.15) is 20.3 Å². The second kappa shape index (κ2) is 5.57. The molecule has 0 saturated carbocycles. The van der Waals surface area contributed by atoms with Gasteiger partial charge in [0.15, 0.2) is 0 Å². The van der Waals surface area contributed by atoms with E-state index in [0.717, 1.165) is 0 Å². The molecule has 0 amide bonds. The first-order valence-electron chi connectivity index (χ1n) is 3.81. The average molecular weight is 174 g/mol. The maximum absolute atomic E-state index is 10.8. The summed E-state index contributed by atoms with van der Waals surface area (Å²) in [5, 5.41) is 0. The van der Waals surface area contributed by atoms with Gasteiger partial charge in [0.2, 0.25) is 0 Å². The lowest BCUT2D eigenvalue weighted by molar-refractivity contribution is -0.150. The van der Waals surface area contributed by atoms with Crippen LogP contribution < -0.4 is 0 Å². The first-order chi connectivity index (χ1) is 5.57. The van der Waals surface area contributed by atoms with Crippen LogP contribution in [0.3, 0.4) is 0 Å². The van der Waals surface area contributed by atoms with E-state index >= 15 is 0 Å². The summed E-state index contributed by atoms with van der Waals surface area (Å²) in [5.74, 6) is -0.812. The van der Waals surface area contributed by atoms with Crippen LogP contribution in [0.25, 0.3) is 0 Å². The second-order valence-electron chi connectivity index (χ2n) is 2.65. The summed E-state index contributed by atoms with van der Waals surface area (Å²) >= 11 is 0. The van der Waals surface area contributed by atoms with Gasteiger partial charge in [-0.25, -0.2) is 0 Å². The predicted octanol–water partition coefficient (Wildman–Crippen LogP) is 0.749. The van der Waals surface area contributed by atoms with Gasteiger partial charge in [-0.05, 0) is 0 Å². The van der Waals surface area contributed by atoms with Gasteiger partial charge in [0.1, 0.15) is 6.61 Å². The number of carbonyl (C=O) groups excluding carboxylic acids is 2. The molecule has 0 aromatic carbocycles. The van der Waals surface area contributed by atoms with Gasteiger partial charge in [-0.1, -0.05) is 13.8 Å². The molecule has 0 N–H and O–H groups in total. The molecule has 0 saturated heterocycles. The third kappa shape index (κ3) is 4.71. The maximum Gasteiger partial charge on any atom is 0.308 e. The minimum atomic E-state index is -0.369. The fraction of sp³-hybridized carbons (Fsp3) is 0.750. The third-order valence-electron chi connectivity index (χ3n) is 1.25. The summed E-state index contributed by atoms with van der Waals surface area (Å²) in [7, 11) is 1.30. The van der Waals surface area contributed by atoms with Crippen molar-refractivity contribution in [2.75, 3.05) is 13.7 Å². The molecule has 4 heteroatoms. The molecule has 0 aliphatic rings. The molecule has 70 valence electrons. The van der Waals surface area contributed by atoms with E-state index < -0.39 is 0 Å². The van der Waals surface area contributed by atoms with Crippen LogP contribution in [0.4, 0.5) is 0 Å². The van der Waals surface area contributed by atoms with Crippen molar-refractivity contribution in [3.63, 3.8) is 0 Å². The Bertz CT molecular complexity index is 162. The first-order valence-corrected chi connectivity index (χ1v) is 3.81. The van der Waals surface area contributed by atoms with Crippen LogP contribution >= 0.6 is 0 Å². The average Bonchev–Trinajstić information content (AvgIpc) is 2.03. The number of carbonyl (C=O) groups is 2. The SMILES string of the molecule is COC(=O)CCOC(=O)C(C)C. The first kappa shape index (κ1) is 10.9. The fourth-order valence-corrected chi connectivity index (χ4v) is 0.504. The molecule has 0 aromatic heterocycles. The summed E-state index contributed by atoms with van der Waals surface area (Å²) in [6, 6.07) is 0. The number of rotatable bonds is 4. The smallest absolute Gasteiger partial charge is 0.308 e. The van der Waals surface area contributed by atoms with Crippen molar-refractivity contribution in [2.24, 2.45) is 5.92 Å². The quantitative estimate of drug-likeness (QED) is 0.590. The predicted molar refractivity (Wildman–Crippen MR) is 42.4 cm³/mol. The van der Waals surface area contributed by atoms with Gasteiger partial charge >= 0.3 is 11.9 Å². The Hall–Kier alpha value is -1.06. The molecule has 0 bridgehead atoms. The highest BCUT2D eigenvalue weighted by Crippen LogP contribution is 1.96. The fourth-order valence-electron chi connectivity index (χ4n) is 0.504. The van der Waals surface area contributed by atoms with E-state index in [1.807, 2.05) is 0 Å². The summed E-state index contributed by atoms with van der Waals surface area (Å²) in [6.07, 6.45) is 0.120. The number of esters is 2. The summed E-state index contributed by atoms with van der Waals surface area (Å²) in [4.78, 5) is 21.4. The zero-order valence-electron chi connectivity index (χ0n) is 7.62. The molecule has 0 unspecified atom stereocenters. The van der Waals surface area contributed by atoms with E-state index in [1.54, 1.807) is 13.8 Å². The van der Waals surface area contributed by atoms with Crippen molar-refractivity contribution in [1.29, 1.82) is 0 Å². The number of methoxy groups -OCH3 is 1. The third-order valence-corrected chi connectivity index (χ3v) is 1.25. The van der Waals surface area contributed by atoms with Crippen molar-refractivity contribution in [3.05, 3.63) is 0 Å². The van der Waals surface area contributed by atoms with E-state index in [-0.39, 0.29) is 30.9 Å². The Labute approximate surface area is 71.8 Å². The van der Waals surface area contributed by atoms with Crippen molar-refractivity contribution >= 4 is 11.9 Å². The maximum atomic E-state index is 10.8. The van der Waals surface area contributed by atoms with Crippen LogP contribution in [0, 0.1) is 5.92 Å². The summed E-state index contributed by atoms with van der Waals surface area (Å²) < 4.78 is 9.10. The van der Waals surface area contributed by atoms with Crippen molar-refractivity contribution in [2.45, 2.75) is 20.3 Å². The molecule has 0 atom stereocenters. The topological polar surface area (TPSA) is 52.6 Å². The van der Waals surface area contributed by atoms with Gasteiger partial charge in [-0.2, -0.15) is 0 Å². The molecule has 0 aliphatic heterocycles. The second-order valence-corrected chi connectivity index (χ2v) is 2.65. The van der Waals surface area contributed by atoms with E-state index in [4.69, 9.17) is 4.74 Å². The van der Waals surface area contributed by atoms with Gasteiger partial charge in [-0.3, -0.25) is 9.59 Å². The minimum Gasteiger partial charge on any atom is -0.469 e. The van der Waals surface area contributed by atoms with E-state index in [0.29, 0.717) is 0 Å². The van der Waals surface area contributed by atoms with E-state index in [2.05, 4.69) is 4.74 Å². The van der Waals surface area contributed by atoms with Crippen LogP contribution in [-0.4, -0.2) is 25.7 Å². The Balaban J connectivity index is 3.44. The standard InChI is InChI=1S/C8H14O4/c1-6(2)8(10)12-5-4-7(9)11-3/h6H,4-5H2,1-3H3. The largest absolute Gasteiger partial charge is 0.469 e. The van der Waals surface area contributed by atoms with Gasteiger partial charge in [0.05, 0.1) is 19.4 Å². The molecule has 0 rings (SSSR count). The lowest BCUT2D eigenvalue weighted by atomic mass is 10.2. The minimum absolute atomic E-state index is 0.101. The Morgan fingerprint density at radius 1 is 1.33 bits per heavy atom. The number of hydrogen-bond acceptors (Lipinski definition) is 4. The van der Waals surface area contributed by atoms with Crippen LogP contribution in [0.15, 0.2) is 0 Å². The molecule has 4 nitrogen and oxygen atoms in total. The van der Waals surface area contributed by atoms with Crippen LogP contribution in [0.5, 0.6) is 0 Å². The number of hydrogen-bond donors (Lipinski definition) is 0. The zero-order chi connectivity index (χ0) is 9.56. The summed E-state index contributed by atoms with van der Waals surface area (Å²) in [6.45, 7) is 3.57. The van der Waals surface area contributed by atoms with Crippen LogP contribution in [0.2, 0.25) is 0 Å². The summed E-state index contributed by atoms with van der Waals surface area (Å²) in [5.41, 5.74) is 0. The normalized spacial score (nSPS) is 9.67. The van der Waals surface area contributed by atoms with Gasteiger partial charge in [0, 0.05) is 0 Å². The molecule has 0 spiro atoms. The molecule has 0 heterocycles. The highest BCUT2D eigenvalue weighted by Gasteiger charge is 2.08. The highest BCUT2D eigenvalue weighted by atomic mass is 16.5. The molecule has 0 aromatic rings. The van der Waals surface area contributed by atoms with Crippen molar-refractivity contribution < 1.29 is 19.1 Å². The highest BCUT2D eigenvalue weighted by molar-refractivity contribution is 5.73.